The summed E-state index contributed by atoms with van der Waals surface area (Å²) < 4.78 is 1.19. The third-order valence-corrected chi connectivity index (χ3v) is 3.47. The summed E-state index contributed by atoms with van der Waals surface area (Å²) >= 11 is 0. The summed E-state index contributed by atoms with van der Waals surface area (Å²) in [6, 6.07) is 0. The fourth-order valence-electron chi connectivity index (χ4n) is 1.83. The topological polar surface area (TPSA) is 30.0 Å². The van der Waals surface area contributed by atoms with E-state index in [-0.39, 0.29) is 5.48 Å². The van der Waals surface area contributed by atoms with Crippen molar-refractivity contribution in [2.24, 2.45) is 0 Å². The highest BCUT2D eigenvalue weighted by Gasteiger charge is 2.09. The van der Waals surface area contributed by atoms with Crippen molar-refractivity contribution >= 4 is 0 Å². The predicted molar refractivity (Wildman–Crippen MR) is 72.1 cm³/mol. The molecule has 0 aromatic carbocycles. The van der Waals surface area contributed by atoms with Gasteiger partial charge in [-0.05, 0) is 19.8 Å². The summed E-state index contributed by atoms with van der Waals surface area (Å²) in [6.45, 7) is 7.18. The van der Waals surface area contributed by atoms with Crippen molar-refractivity contribution in [1.82, 2.24) is 0 Å². The maximum atomic E-state index is 2.33. The Balaban J connectivity index is 0. The Kier molecular flexibility index (Phi) is 13.0. The Morgan fingerprint density at radius 1 is 0.688 bits per heavy atom. The minimum Gasteiger partial charge on any atom is -0.870 e. The lowest BCUT2D eigenvalue weighted by molar-refractivity contribution is -0.888. The number of hydrogen-bond acceptors (Lipinski definition) is 1. The standard InChI is InChI=1S/C14H32N.H2O/c1-5-7-8-9-10-11-12-13-14-15(3,4)6-2;/h5-14H2,1-4H3;1H2/q+1;/p-1. The van der Waals surface area contributed by atoms with Crippen molar-refractivity contribution in [3.63, 3.8) is 0 Å². The first-order valence-corrected chi connectivity index (χ1v) is 6.94. The lowest BCUT2D eigenvalue weighted by atomic mass is 10.1. The van der Waals surface area contributed by atoms with Gasteiger partial charge in [0.05, 0.1) is 27.2 Å². The van der Waals surface area contributed by atoms with Gasteiger partial charge in [-0.25, -0.2) is 0 Å². The summed E-state index contributed by atoms with van der Waals surface area (Å²) in [7, 11) is 4.67. The van der Waals surface area contributed by atoms with Gasteiger partial charge in [0.25, 0.3) is 0 Å². The lowest BCUT2D eigenvalue weighted by Gasteiger charge is -2.28. The van der Waals surface area contributed by atoms with E-state index >= 15 is 0 Å². The van der Waals surface area contributed by atoms with Crippen molar-refractivity contribution in [3.8, 4) is 0 Å². The first-order valence-electron chi connectivity index (χ1n) is 6.94. The Labute approximate surface area is 103 Å². The van der Waals surface area contributed by atoms with Crippen LogP contribution in [-0.2, 0) is 0 Å². The van der Waals surface area contributed by atoms with Crippen molar-refractivity contribution in [2.45, 2.75) is 65.2 Å². The SMILES string of the molecule is CCCCCCCCCC[N+](C)(C)CC.[OH-]. The molecular weight excluding hydrogens is 198 g/mol. The van der Waals surface area contributed by atoms with Gasteiger partial charge in [0.15, 0.2) is 0 Å². The average Bonchev–Trinajstić information content (AvgIpc) is 2.22. The van der Waals surface area contributed by atoms with E-state index in [1.165, 1.54) is 68.9 Å². The Hall–Kier alpha value is -0.0800. The van der Waals surface area contributed by atoms with Crippen LogP contribution in [0.25, 0.3) is 0 Å². The van der Waals surface area contributed by atoms with Crippen LogP contribution in [0.15, 0.2) is 0 Å². The maximum Gasteiger partial charge on any atom is 0.0782 e. The minimum atomic E-state index is 0. The highest BCUT2D eigenvalue weighted by molar-refractivity contribution is 4.45. The van der Waals surface area contributed by atoms with Gasteiger partial charge in [-0.1, -0.05) is 45.4 Å². The van der Waals surface area contributed by atoms with Gasteiger partial charge in [-0.15, -0.1) is 0 Å². The monoisotopic (exact) mass is 231 g/mol. The van der Waals surface area contributed by atoms with Crippen LogP contribution in [0, 0.1) is 0 Å². The molecular formula is C14H33NO. The zero-order valence-corrected chi connectivity index (χ0v) is 12.0. The fourth-order valence-corrected chi connectivity index (χ4v) is 1.83. The van der Waals surface area contributed by atoms with Crippen LogP contribution in [0.2, 0.25) is 0 Å². The van der Waals surface area contributed by atoms with Gasteiger partial charge in [-0.2, -0.15) is 0 Å². The third kappa shape index (κ3) is 12.0. The van der Waals surface area contributed by atoms with E-state index in [2.05, 4.69) is 27.9 Å². The Morgan fingerprint density at radius 3 is 1.56 bits per heavy atom. The van der Waals surface area contributed by atoms with E-state index in [0.29, 0.717) is 0 Å². The van der Waals surface area contributed by atoms with Gasteiger partial charge >= 0.3 is 0 Å². The molecule has 0 spiro atoms. The molecule has 0 heterocycles. The van der Waals surface area contributed by atoms with Crippen LogP contribution < -0.4 is 0 Å². The number of rotatable bonds is 10. The molecule has 100 valence electrons. The van der Waals surface area contributed by atoms with Crippen molar-refractivity contribution in [3.05, 3.63) is 0 Å². The van der Waals surface area contributed by atoms with Crippen LogP contribution in [-0.4, -0.2) is 37.1 Å². The molecule has 2 nitrogen and oxygen atoms in total. The molecule has 0 fully saturated rings. The molecule has 0 aromatic rings. The molecule has 0 bridgehead atoms. The summed E-state index contributed by atoms with van der Waals surface area (Å²) in [5, 5.41) is 0. The van der Waals surface area contributed by atoms with Crippen molar-refractivity contribution in [1.29, 1.82) is 0 Å². The Morgan fingerprint density at radius 2 is 1.12 bits per heavy atom. The number of unbranched alkanes of at least 4 members (excludes halogenated alkanes) is 7. The fraction of sp³-hybridized carbons (Fsp3) is 1.00. The van der Waals surface area contributed by atoms with Gasteiger partial charge in [0.1, 0.15) is 0 Å². The molecule has 1 N–H and O–H groups in total. The minimum absolute atomic E-state index is 0. The van der Waals surface area contributed by atoms with Crippen LogP contribution >= 0.6 is 0 Å². The van der Waals surface area contributed by atoms with Crippen LogP contribution in [0.5, 0.6) is 0 Å². The van der Waals surface area contributed by atoms with Crippen molar-refractivity contribution < 1.29 is 9.96 Å². The van der Waals surface area contributed by atoms with Crippen LogP contribution in [0.3, 0.4) is 0 Å². The summed E-state index contributed by atoms with van der Waals surface area (Å²) in [6.07, 6.45) is 11.5. The number of hydrogen-bond donors (Lipinski definition) is 0. The third-order valence-electron chi connectivity index (χ3n) is 3.47. The lowest BCUT2D eigenvalue weighted by Crippen LogP contribution is -2.39. The summed E-state index contributed by atoms with van der Waals surface area (Å²) in [4.78, 5) is 0. The molecule has 0 aromatic heterocycles. The second-order valence-electron chi connectivity index (χ2n) is 5.45. The first kappa shape index (κ1) is 18.3. The molecule has 0 amide bonds. The second-order valence-corrected chi connectivity index (χ2v) is 5.45. The van der Waals surface area contributed by atoms with Gasteiger partial charge in [-0.3, -0.25) is 0 Å². The molecule has 0 saturated heterocycles. The van der Waals surface area contributed by atoms with Gasteiger partial charge in [0.2, 0.25) is 0 Å². The molecule has 0 atom stereocenters. The highest BCUT2D eigenvalue weighted by Crippen LogP contribution is 2.09. The average molecular weight is 231 g/mol. The highest BCUT2D eigenvalue weighted by atomic mass is 16.0. The largest absolute Gasteiger partial charge is 0.870 e. The molecule has 0 aliphatic rings. The van der Waals surface area contributed by atoms with Gasteiger partial charge < -0.3 is 9.96 Å². The van der Waals surface area contributed by atoms with E-state index < -0.39 is 0 Å². The van der Waals surface area contributed by atoms with E-state index in [9.17, 15) is 0 Å². The zero-order valence-electron chi connectivity index (χ0n) is 12.0. The van der Waals surface area contributed by atoms with Crippen molar-refractivity contribution in [2.75, 3.05) is 27.2 Å². The predicted octanol–water partition coefficient (Wildman–Crippen LogP) is 4.05. The van der Waals surface area contributed by atoms with Crippen LogP contribution in [0.4, 0.5) is 0 Å². The molecule has 0 unspecified atom stereocenters. The molecule has 2 heteroatoms. The number of quaternary nitrogens is 1. The smallest absolute Gasteiger partial charge is 0.0782 e. The van der Waals surface area contributed by atoms with E-state index in [1.54, 1.807) is 0 Å². The molecule has 0 radical (unpaired) electrons. The van der Waals surface area contributed by atoms with E-state index in [4.69, 9.17) is 0 Å². The molecule has 0 rings (SSSR count). The zero-order chi connectivity index (χ0) is 11.6. The van der Waals surface area contributed by atoms with E-state index in [0.717, 1.165) is 0 Å². The molecule has 0 aliphatic heterocycles. The summed E-state index contributed by atoms with van der Waals surface area (Å²) in [5.74, 6) is 0. The molecule has 0 saturated carbocycles. The van der Waals surface area contributed by atoms with Crippen LogP contribution in [0.1, 0.15) is 65.2 Å². The van der Waals surface area contributed by atoms with Gasteiger partial charge in [0, 0.05) is 0 Å². The Bertz CT molecular complexity index is 135. The molecule has 0 aliphatic carbocycles. The first-order chi connectivity index (χ1) is 7.12. The van der Waals surface area contributed by atoms with E-state index in [1.807, 2.05) is 0 Å². The second kappa shape index (κ2) is 11.4. The quantitative estimate of drug-likeness (QED) is 0.412. The number of nitrogens with zero attached hydrogens (tertiary/aromatic N) is 1. The maximum absolute atomic E-state index is 2.33. The summed E-state index contributed by atoms with van der Waals surface area (Å²) in [5.41, 5.74) is 0. The normalized spacial score (nSPS) is 11.2. The molecule has 16 heavy (non-hydrogen) atoms.